The average Bonchev–Trinajstić information content (AvgIpc) is 3.03. The number of methoxy groups -OCH3 is 1. The first-order valence-electron chi connectivity index (χ1n) is 8.98. The van der Waals surface area contributed by atoms with Crippen LogP contribution >= 0.6 is 0 Å². The van der Waals surface area contributed by atoms with Gasteiger partial charge in [0.25, 0.3) is 0 Å². The molecule has 24 heavy (non-hydrogen) atoms. The van der Waals surface area contributed by atoms with Crippen LogP contribution in [0.25, 0.3) is 0 Å². The zero-order valence-corrected chi connectivity index (χ0v) is 14.9. The highest BCUT2D eigenvalue weighted by atomic mass is 16.5. The van der Waals surface area contributed by atoms with E-state index in [0.29, 0.717) is 12.3 Å². The van der Waals surface area contributed by atoms with E-state index in [1.165, 1.54) is 20.0 Å². The molecule has 1 heterocycles. The molecule has 0 amide bonds. The van der Waals surface area contributed by atoms with Crippen molar-refractivity contribution in [2.45, 2.75) is 51.5 Å². The molecule has 1 aromatic carbocycles. The number of rotatable bonds is 9. The second-order valence-electron chi connectivity index (χ2n) is 6.79. The number of Topliss-reactive ketones (excluding diaryl/α,β-unsaturated/α-hetero) is 1. The zero-order chi connectivity index (χ0) is 17.4. The number of carbonyl (C=O) groups is 2. The molecule has 2 atom stereocenters. The molecule has 0 aromatic heterocycles. The zero-order valence-electron chi connectivity index (χ0n) is 14.9. The largest absolute Gasteiger partial charge is 0.468 e. The summed E-state index contributed by atoms with van der Waals surface area (Å²) in [5, 5.41) is 0. The summed E-state index contributed by atoms with van der Waals surface area (Å²) in [6.45, 7) is 3.54. The molecule has 0 radical (unpaired) electrons. The van der Waals surface area contributed by atoms with Crippen molar-refractivity contribution in [2.75, 3.05) is 20.2 Å². The number of carbonyl (C=O) groups excluding carboxylic acids is 2. The molecule has 4 nitrogen and oxygen atoms in total. The molecule has 0 aliphatic carbocycles. The van der Waals surface area contributed by atoms with E-state index in [1.807, 2.05) is 30.3 Å². The molecular weight excluding hydrogens is 302 g/mol. The van der Waals surface area contributed by atoms with E-state index in [-0.39, 0.29) is 17.8 Å². The normalized spacial score (nSPS) is 19.2. The minimum atomic E-state index is -0.293. The Kier molecular flexibility index (Phi) is 7.44. The smallest absolute Gasteiger partial charge is 0.327 e. The number of benzene rings is 1. The molecule has 1 saturated heterocycles. The Morgan fingerprint density at radius 1 is 1.21 bits per heavy atom. The van der Waals surface area contributed by atoms with Gasteiger partial charge in [0.1, 0.15) is 11.8 Å². The van der Waals surface area contributed by atoms with Crippen LogP contribution in [0.15, 0.2) is 30.3 Å². The third-order valence-corrected chi connectivity index (χ3v) is 4.86. The minimum absolute atomic E-state index is 0.177. The highest BCUT2D eigenvalue weighted by molar-refractivity contribution is 5.77. The van der Waals surface area contributed by atoms with Crippen molar-refractivity contribution in [1.82, 2.24) is 4.90 Å². The SMILES string of the molecule is COC(=O)C(c1ccccc1)N1CC[C@@H](CCCCCC(C)=O)C1. The number of hydrogen-bond donors (Lipinski definition) is 0. The van der Waals surface area contributed by atoms with Crippen molar-refractivity contribution in [3.05, 3.63) is 35.9 Å². The van der Waals surface area contributed by atoms with Crippen LogP contribution in [0, 0.1) is 5.92 Å². The lowest BCUT2D eigenvalue weighted by Gasteiger charge is -2.26. The molecular formula is C20H29NO3. The third-order valence-electron chi connectivity index (χ3n) is 4.86. The first-order chi connectivity index (χ1) is 11.6. The number of nitrogens with zero attached hydrogens (tertiary/aromatic N) is 1. The molecule has 132 valence electrons. The van der Waals surface area contributed by atoms with E-state index >= 15 is 0 Å². The Morgan fingerprint density at radius 3 is 2.62 bits per heavy atom. The Morgan fingerprint density at radius 2 is 1.96 bits per heavy atom. The fourth-order valence-electron chi connectivity index (χ4n) is 3.56. The van der Waals surface area contributed by atoms with Gasteiger partial charge in [-0.3, -0.25) is 4.90 Å². The number of ketones is 1. The molecule has 0 saturated carbocycles. The summed E-state index contributed by atoms with van der Waals surface area (Å²) < 4.78 is 5.04. The molecule has 0 bridgehead atoms. The summed E-state index contributed by atoms with van der Waals surface area (Å²) >= 11 is 0. The fraction of sp³-hybridized carbons (Fsp3) is 0.600. The summed E-state index contributed by atoms with van der Waals surface area (Å²) in [4.78, 5) is 25.5. The second-order valence-corrected chi connectivity index (χ2v) is 6.79. The molecule has 1 aliphatic rings. The molecule has 1 unspecified atom stereocenters. The lowest BCUT2D eigenvalue weighted by molar-refractivity contribution is -0.147. The van der Waals surface area contributed by atoms with Crippen molar-refractivity contribution in [1.29, 1.82) is 0 Å². The van der Waals surface area contributed by atoms with Gasteiger partial charge in [0.2, 0.25) is 0 Å². The fourth-order valence-corrected chi connectivity index (χ4v) is 3.56. The number of unbranched alkanes of at least 4 members (excludes halogenated alkanes) is 2. The van der Waals surface area contributed by atoms with Crippen molar-refractivity contribution in [3.63, 3.8) is 0 Å². The first-order valence-corrected chi connectivity index (χ1v) is 8.98. The summed E-state index contributed by atoms with van der Waals surface area (Å²) in [5.74, 6) is 0.743. The first kappa shape index (κ1) is 18.7. The standard InChI is InChI=1S/C20H29NO3/c1-16(22)9-5-3-6-10-17-13-14-21(15-17)19(20(23)24-2)18-11-7-4-8-12-18/h4,7-8,11-12,17,19H,3,5-6,9-10,13-15H2,1-2H3/t17-,19?/m1/s1. The topological polar surface area (TPSA) is 46.6 Å². The van der Waals surface area contributed by atoms with E-state index in [4.69, 9.17) is 4.74 Å². The maximum Gasteiger partial charge on any atom is 0.327 e. The van der Waals surface area contributed by atoms with Gasteiger partial charge in [-0.05, 0) is 44.2 Å². The van der Waals surface area contributed by atoms with Gasteiger partial charge in [-0.2, -0.15) is 0 Å². The van der Waals surface area contributed by atoms with Gasteiger partial charge in [0.15, 0.2) is 0 Å². The number of likely N-dealkylation sites (tertiary alicyclic amines) is 1. The van der Waals surface area contributed by atoms with E-state index in [2.05, 4.69) is 4.90 Å². The van der Waals surface area contributed by atoms with Crippen LogP contribution in [0.3, 0.4) is 0 Å². The van der Waals surface area contributed by atoms with E-state index in [1.54, 1.807) is 6.92 Å². The van der Waals surface area contributed by atoms with Crippen molar-refractivity contribution in [2.24, 2.45) is 5.92 Å². The van der Waals surface area contributed by atoms with Gasteiger partial charge in [-0.25, -0.2) is 4.79 Å². The average molecular weight is 331 g/mol. The molecule has 4 heteroatoms. The van der Waals surface area contributed by atoms with Crippen molar-refractivity contribution >= 4 is 11.8 Å². The van der Waals surface area contributed by atoms with Crippen LogP contribution in [0.1, 0.15) is 57.1 Å². The highest BCUT2D eigenvalue weighted by Gasteiger charge is 2.33. The molecule has 1 fully saturated rings. The molecule has 2 rings (SSSR count). The van der Waals surface area contributed by atoms with E-state index in [0.717, 1.165) is 37.9 Å². The van der Waals surface area contributed by atoms with Crippen molar-refractivity contribution in [3.8, 4) is 0 Å². The van der Waals surface area contributed by atoms with Crippen LogP contribution in [-0.2, 0) is 14.3 Å². The van der Waals surface area contributed by atoms with Crippen molar-refractivity contribution < 1.29 is 14.3 Å². The quantitative estimate of drug-likeness (QED) is 0.510. The second kappa shape index (κ2) is 9.58. The monoisotopic (exact) mass is 331 g/mol. The van der Waals surface area contributed by atoms with Crippen LogP contribution in [-0.4, -0.2) is 36.9 Å². The summed E-state index contributed by atoms with van der Waals surface area (Å²) in [6, 6.07) is 9.60. The van der Waals surface area contributed by atoms with Gasteiger partial charge < -0.3 is 9.53 Å². The lowest BCUT2D eigenvalue weighted by Crippen LogP contribution is -2.33. The Balaban J connectivity index is 1.85. The maximum absolute atomic E-state index is 12.3. The summed E-state index contributed by atoms with van der Waals surface area (Å²) in [7, 11) is 1.46. The Bertz CT molecular complexity index is 529. The molecule has 0 spiro atoms. The van der Waals surface area contributed by atoms with Gasteiger partial charge in [0.05, 0.1) is 7.11 Å². The predicted octanol–water partition coefficient (Wildman–Crippen LogP) is 3.76. The van der Waals surface area contributed by atoms with E-state index < -0.39 is 0 Å². The minimum Gasteiger partial charge on any atom is -0.468 e. The van der Waals surface area contributed by atoms with Gasteiger partial charge >= 0.3 is 5.97 Å². The molecule has 0 N–H and O–H groups in total. The summed E-state index contributed by atoms with van der Waals surface area (Å²) in [6.07, 6.45) is 6.30. The number of esters is 1. The van der Waals surface area contributed by atoms with Gasteiger partial charge in [0, 0.05) is 13.0 Å². The van der Waals surface area contributed by atoms with Crippen LogP contribution in [0.4, 0.5) is 0 Å². The Labute approximate surface area is 145 Å². The number of ether oxygens (including phenoxy) is 1. The highest BCUT2D eigenvalue weighted by Crippen LogP contribution is 2.31. The van der Waals surface area contributed by atoms with Crippen LogP contribution in [0.2, 0.25) is 0 Å². The van der Waals surface area contributed by atoms with Gasteiger partial charge in [-0.1, -0.05) is 43.2 Å². The predicted molar refractivity (Wildman–Crippen MR) is 94.6 cm³/mol. The summed E-state index contributed by atoms with van der Waals surface area (Å²) in [5.41, 5.74) is 1.01. The van der Waals surface area contributed by atoms with Crippen LogP contribution in [0.5, 0.6) is 0 Å². The third kappa shape index (κ3) is 5.45. The lowest BCUT2D eigenvalue weighted by atomic mass is 9.99. The molecule has 1 aromatic rings. The maximum atomic E-state index is 12.3. The van der Waals surface area contributed by atoms with E-state index in [9.17, 15) is 9.59 Å². The number of hydrogen-bond acceptors (Lipinski definition) is 4. The Hall–Kier alpha value is -1.68. The molecule has 1 aliphatic heterocycles. The van der Waals surface area contributed by atoms with Crippen LogP contribution < -0.4 is 0 Å². The van der Waals surface area contributed by atoms with Gasteiger partial charge in [-0.15, -0.1) is 0 Å².